The van der Waals surface area contributed by atoms with Gasteiger partial charge in [0.2, 0.25) is 0 Å². The number of esters is 1. The zero-order chi connectivity index (χ0) is 39.5. The van der Waals surface area contributed by atoms with Crippen LogP contribution in [0, 0.1) is 0 Å². The van der Waals surface area contributed by atoms with Crippen molar-refractivity contribution in [2.45, 2.75) is 213 Å². The van der Waals surface area contributed by atoms with E-state index in [0.29, 0.717) is 13.0 Å². The number of carbonyl (C=O) groups is 1. The summed E-state index contributed by atoms with van der Waals surface area (Å²) in [6.07, 6.45) is 48.7. The highest BCUT2D eigenvalue weighted by Crippen LogP contribution is 2.43. The highest BCUT2D eigenvalue weighted by molar-refractivity contribution is 7.47. The van der Waals surface area contributed by atoms with Crippen molar-refractivity contribution in [3.63, 3.8) is 0 Å². The van der Waals surface area contributed by atoms with Gasteiger partial charge in [-0.05, 0) is 70.6 Å². The average Bonchev–Trinajstić information content (AvgIpc) is 3.16. The minimum absolute atomic E-state index is 0.0979. The van der Waals surface area contributed by atoms with E-state index in [0.717, 1.165) is 44.9 Å². The van der Waals surface area contributed by atoms with Gasteiger partial charge in [-0.25, -0.2) is 4.57 Å². The van der Waals surface area contributed by atoms with Gasteiger partial charge in [0, 0.05) is 19.6 Å². The molecule has 2 unspecified atom stereocenters. The second-order valence-electron chi connectivity index (χ2n) is 14.9. The van der Waals surface area contributed by atoms with Gasteiger partial charge in [0.05, 0.1) is 19.8 Å². The predicted octanol–water partition coefficient (Wildman–Crippen LogP) is 13.4. The summed E-state index contributed by atoms with van der Waals surface area (Å²) in [4.78, 5) is 22.5. The molecule has 8 nitrogen and oxygen atoms in total. The summed E-state index contributed by atoms with van der Waals surface area (Å²) in [5.74, 6) is -0.336. The van der Waals surface area contributed by atoms with Crippen LogP contribution >= 0.6 is 7.82 Å². The molecule has 3 N–H and O–H groups in total. The van der Waals surface area contributed by atoms with Crippen LogP contribution in [0.5, 0.6) is 0 Å². The average molecular weight is 784 g/mol. The molecular weight excluding hydrogens is 697 g/mol. The number of hydrogen-bond acceptors (Lipinski definition) is 7. The van der Waals surface area contributed by atoms with E-state index in [2.05, 4.69) is 50.3 Å². The van der Waals surface area contributed by atoms with Gasteiger partial charge in [0.1, 0.15) is 6.10 Å². The van der Waals surface area contributed by atoms with E-state index in [1.165, 1.54) is 141 Å². The van der Waals surface area contributed by atoms with Crippen LogP contribution in [0.3, 0.4) is 0 Å². The van der Waals surface area contributed by atoms with Crippen molar-refractivity contribution < 1.29 is 32.8 Å². The minimum Gasteiger partial charge on any atom is -0.457 e. The molecule has 0 spiro atoms. The summed E-state index contributed by atoms with van der Waals surface area (Å²) in [7, 11) is -4.28. The minimum atomic E-state index is -4.28. The molecule has 0 radical (unpaired) electrons. The van der Waals surface area contributed by atoms with Gasteiger partial charge in [-0.2, -0.15) is 0 Å². The van der Waals surface area contributed by atoms with Gasteiger partial charge >= 0.3 is 13.8 Å². The van der Waals surface area contributed by atoms with E-state index >= 15 is 0 Å². The molecule has 0 aromatic rings. The second-order valence-corrected chi connectivity index (χ2v) is 16.4. The number of rotatable bonds is 43. The third kappa shape index (κ3) is 41.9. The molecule has 9 heteroatoms. The lowest BCUT2D eigenvalue weighted by atomic mass is 10.1. The second kappa shape index (κ2) is 42.9. The van der Waals surface area contributed by atoms with Crippen molar-refractivity contribution in [2.24, 2.45) is 5.73 Å². The number of unbranched alkanes of at least 4 members (excludes halogenated alkanes) is 24. The fourth-order valence-corrected chi connectivity index (χ4v) is 6.96. The first-order chi connectivity index (χ1) is 26.4. The van der Waals surface area contributed by atoms with Crippen LogP contribution in [0.1, 0.15) is 206 Å². The van der Waals surface area contributed by atoms with Crippen molar-refractivity contribution in [3.05, 3.63) is 36.5 Å². The topological polar surface area (TPSA) is 117 Å². The quantitative estimate of drug-likeness (QED) is 0.0272. The molecule has 0 aliphatic carbocycles. The van der Waals surface area contributed by atoms with Gasteiger partial charge in [-0.1, -0.05) is 166 Å². The predicted molar refractivity (Wildman–Crippen MR) is 229 cm³/mol. The molecule has 0 aromatic heterocycles. The molecule has 2 atom stereocenters. The maximum absolute atomic E-state index is 12.6. The molecular formula is C45H86NO7P. The number of phosphoric acid groups is 1. The Kier molecular flexibility index (Phi) is 41.8. The first kappa shape index (κ1) is 52.7. The molecule has 0 amide bonds. The van der Waals surface area contributed by atoms with Gasteiger partial charge in [0.15, 0.2) is 0 Å². The first-order valence-corrected chi connectivity index (χ1v) is 24.0. The molecule has 0 saturated heterocycles. The van der Waals surface area contributed by atoms with Crippen LogP contribution in [0.2, 0.25) is 0 Å². The lowest BCUT2D eigenvalue weighted by Gasteiger charge is -2.20. The fourth-order valence-electron chi connectivity index (χ4n) is 6.20. The Labute approximate surface area is 333 Å². The molecule has 318 valence electrons. The summed E-state index contributed by atoms with van der Waals surface area (Å²) in [6.45, 7) is 4.88. The molecule has 0 fully saturated rings. The zero-order valence-electron chi connectivity index (χ0n) is 35.2. The van der Waals surface area contributed by atoms with Crippen molar-refractivity contribution in [1.29, 1.82) is 0 Å². The lowest BCUT2D eigenvalue weighted by molar-refractivity contribution is -0.154. The number of allylic oxidation sites excluding steroid dienone is 6. The highest BCUT2D eigenvalue weighted by Gasteiger charge is 2.25. The molecule has 0 heterocycles. The van der Waals surface area contributed by atoms with Crippen LogP contribution < -0.4 is 5.73 Å². The lowest BCUT2D eigenvalue weighted by Crippen LogP contribution is -2.28. The van der Waals surface area contributed by atoms with Crippen LogP contribution in [0.4, 0.5) is 0 Å². The number of nitrogens with two attached hydrogens (primary N) is 1. The van der Waals surface area contributed by atoms with Crippen LogP contribution in [0.15, 0.2) is 36.5 Å². The van der Waals surface area contributed by atoms with Crippen molar-refractivity contribution in [2.75, 3.05) is 33.0 Å². The molecule has 0 saturated carbocycles. The number of phosphoric ester groups is 1. The van der Waals surface area contributed by atoms with Crippen molar-refractivity contribution in [1.82, 2.24) is 0 Å². The Balaban J connectivity index is 4.02. The van der Waals surface area contributed by atoms with E-state index in [-0.39, 0.29) is 32.3 Å². The Morgan fingerprint density at radius 2 is 0.981 bits per heavy atom. The van der Waals surface area contributed by atoms with Crippen molar-refractivity contribution in [3.8, 4) is 0 Å². The van der Waals surface area contributed by atoms with Gasteiger partial charge in [-0.15, -0.1) is 0 Å². The van der Waals surface area contributed by atoms with E-state index in [9.17, 15) is 14.3 Å². The maximum atomic E-state index is 12.6. The Morgan fingerprint density at radius 3 is 1.50 bits per heavy atom. The van der Waals surface area contributed by atoms with Crippen LogP contribution in [0.25, 0.3) is 0 Å². The monoisotopic (exact) mass is 784 g/mol. The largest absolute Gasteiger partial charge is 0.472 e. The van der Waals surface area contributed by atoms with E-state index in [4.69, 9.17) is 24.3 Å². The van der Waals surface area contributed by atoms with Gasteiger partial charge in [-0.3, -0.25) is 13.8 Å². The standard InChI is InChI=1S/C45H86NO7P/c1-3-5-7-9-11-13-15-17-19-21-22-23-24-26-28-30-32-34-36-38-45(47)53-44(43-52-54(48,49)51-41-39-46)42-50-40-37-35-33-31-29-27-25-20-18-16-14-12-10-8-6-4-2/h12,14,17-20,44H,3-11,13,15-16,21-43,46H2,1-2H3,(H,48,49)/b14-12-,19-17-,20-18-. The smallest absolute Gasteiger partial charge is 0.457 e. The number of carbonyl (C=O) groups excluding carboxylic acids is 1. The third-order valence-electron chi connectivity index (χ3n) is 9.53. The number of ether oxygens (including phenoxy) is 2. The number of hydrogen-bond donors (Lipinski definition) is 2. The fraction of sp³-hybridized carbons (Fsp3) is 0.844. The first-order valence-electron chi connectivity index (χ1n) is 22.5. The normalized spacial score (nSPS) is 13.8. The van der Waals surface area contributed by atoms with Crippen molar-refractivity contribution >= 4 is 13.8 Å². The summed E-state index contributed by atoms with van der Waals surface area (Å²) in [5, 5.41) is 0. The molecule has 0 aliphatic heterocycles. The van der Waals surface area contributed by atoms with Crippen LogP contribution in [-0.2, 0) is 27.9 Å². The molecule has 0 aromatic carbocycles. The summed E-state index contributed by atoms with van der Waals surface area (Å²) in [6, 6.07) is 0. The summed E-state index contributed by atoms with van der Waals surface area (Å²) < 4.78 is 33.4. The molecule has 0 bridgehead atoms. The Morgan fingerprint density at radius 1 is 0.556 bits per heavy atom. The summed E-state index contributed by atoms with van der Waals surface area (Å²) in [5.41, 5.74) is 5.37. The molecule has 0 aliphatic rings. The van der Waals surface area contributed by atoms with Crippen LogP contribution in [-0.4, -0.2) is 49.9 Å². The van der Waals surface area contributed by atoms with E-state index < -0.39 is 13.9 Å². The summed E-state index contributed by atoms with van der Waals surface area (Å²) >= 11 is 0. The van der Waals surface area contributed by atoms with Gasteiger partial charge < -0.3 is 20.1 Å². The molecule has 0 rings (SSSR count). The SMILES string of the molecule is CCCCC/C=C\C/C=C\CCCCCCCCOCC(COP(=O)(O)OCCN)OC(=O)CCCCCCCCCCC/C=C\CCCCCCCC. The molecule has 54 heavy (non-hydrogen) atoms. The third-order valence-corrected chi connectivity index (χ3v) is 10.5. The zero-order valence-corrected chi connectivity index (χ0v) is 36.1. The Hall–Kier alpha value is -1.28. The van der Waals surface area contributed by atoms with Gasteiger partial charge in [0.25, 0.3) is 0 Å². The maximum Gasteiger partial charge on any atom is 0.472 e. The Bertz CT molecular complexity index is 926. The van der Waals surface area contributed by atoms with E-state index in [1.54, 1.807) is 0 Å². The highest BCUT2D eigenvalue weighted by atomic mass is 31.2. The van der Waals surface area contributed by atoms with E-state index in [1.807, 2.05) is 0 Å².